The molecule has 0 radical (unpaired) electrons. The van der Waals surface area contributed by atoms with Crippen LogP contribution in [0.15, 0.2) is 48.7 Å². The number of pyridine rings is 1. The molecule has 0 atom stereocenters. The standard InChI is InChI=1S/C18H22N4O2/c1-19-10-5-9-17(23)22-15-8-4-6-14(12-15)18(24)21-13-16-7-2-3-11-20-16/h2-4,6-8,11-12,19H,5,9-10,13H2,1H3,(H,21,24)(H,22,23). The number of anilines is 1. The van der Waals surface area contributed by atoms with Gasteiger partial charge in [-0.15, -0.1) is 0 Å². The minimum Gasteiger partial charge on any atom is -0.346 e. The van der Waals surface area contributed by atoms with E-state index in [1.165, 1.54) is 0 Å². The topological polar surface area (TPSA) is 83.1 Å². The number of nitrogens with zero attached hydrogens (tertiary/aromatic N) is 1. The molecule has 2 amide bonds. The van der Waals surface area contributed by atoms with Crippen LogP contribution in [0, 0.1) is 0 Å². The van der Waals surface area contributed by atoms with Crippen LogP contribution in [0.5, 0.6) is 0 Å². The monoisotopic (exact) mass is 326 g/mol. The molecule has 0 spiro atoms. The minimum atomic E-state index is -0.202. The molecule has 1 aromatic heterocycles. The lowest BCUT2D eigenvalue weighted by Crippen LogP contribution is -2.23. The number of hydrogen-bond acceptors (Lipinski definition) is 4. The Labute approximate surface area is 141 Å². The van der Waals surface area contributed by atoms with E-state index >= 15 is 0 Å². The molecule has 6 nitrogen and oxygen atoms in total. The number of nitrogens with one attached hydrogen (secondary N) is 3. The summed E-state index contributed by atoms with van der Waals surface area (Å²) in [6.45, 7) is 1.16. The number of aromatic nitrogens is 1. The molecule has 0 unspecified atom stereocenters. The molecule has 0 aliphatic heterocycles. The molecule has 126 valence electrons. The molecule has 2 rings (SSSR count). The second-order valence-corrected chi connectivity index (χ2v) is 5.34. The number of hydrogen-bond donors (Lipinski definition) is 3. The Hall–Kier alpha value is -2.73. The average Bonchev–Trinajstić information content (AvgIpc) is 2.61. The van der Waals surface area contributed by atoms with Crippen LogP contribution in [0.2, 0.25) is 0 Å². The zero-order valence-electron chi connectivity index (χ0n) is 13.7. The highest BCUT2D eigenvalue weighted by atomic mass is 16.2. The maximum absolute atomic E-state index is 12.2. The fourth-order valence-electron chi connectivity index (χ4n) is 2.16. The van der Waals surface area contributed by atoms with Crippen molar-refractivity contribution in [3.63, 3.8) is 0 Å². The summed E-state index contributed by atoms with van der Waals surface area (Å²) in [5, 5.41) is 8.63. The first-order valence-electron chi connectivity index (χ1n) is 7.91. The van der Waals surface area contributed by atoms with Crippen molar-refractivity contribution in [1.29, 1.82) is 0 Å². The van der Waals surface area contributed by atoms with Gasteiger partial charge in [0.15, 0.2) is 0 Å². The van der Waals surface area contributed by atoms with Crippen molar-refractivity contribution in [1.82, 2.24) is 15.6 Å². The largest absolute Gasteiger partial charge is 0.346 e. The van der Waals surface area contributed by atoms with Gasteiger partial charge < -0.3 is 16.0 Å². The summed E-state index contributed by atoms with van der Waals surface area (Å²) < 4.78 is 0. The summed E-state index contributed by atoms with van der Waals surface area (Å²) >= 11 is 0. The number of benzene rings is 1. The van der Waals surface area contributed by atoms with Crippen LogP contribution in [0.4, 0.5) is 5.69 Å². The molecule has 24 heavy (non-hydrogen) atoms. The lowest BCUT2D eigenvalue weighted by Gasteiger charge is -2.08. The number of carbonyl (C=O) groups excluding carboxylic acids is 2. The van der Waals surface area contributed by atoms with Gasteiger partial charge in [0.25, 0.3) is 5.91 Å². The maximum Gasteiger partial charge on any atom is 0.251 e. The molecule has 0 saturated carbocycles. The van der Waals surface area contributed by atoms with Crippen LogP contribution >= 0.6 is 0 Å². The molecular formula is C18H22N4O2. The molecule has 2 aromatic rings. The van der Waals surface area contributed by atoms with E-state index in [1.54, 1.807) is 30.5 Å². The Morgan fingerprint density at radius 2 is 2.00 bits per heavy atom. The van der Waals surface area contributed by atoms with Crippen molar-refractivity contribution in [2.45, 2.75) is 19.4 Å². The molecule has 0 aliphatic rings. The predicted molar refractivity (Wildman–Crippen MR) is 93.6 cm³/mol. The summed E-state index contributed by atoms with van der Waals surface area (Å²) in [6.07, 6.45) is 2.90. The third kappa shape index (κ3) is 5.81. The van der Waals surface area contributed by atoms with Gasteiger partial charge in [0, 0.05) is 23.9 Å². The molecule has 0 fully saturated rings. The Bertz CT molecular complexity index is 674. The van der Waals surface area contributed by atoms with Gasteiger partial charge >= 0.3 is 0 Å². The molecule has 0 bridgehead atoms. The smallest absolute Gasteiger partial charge is 0.251 e. The first-order valence-corrected chi connectivity index (χ1v) is 7.91. The van der Waals surface area contributed by atoms with E-state index in [1.807, 2.05) is 25.2 Å². The summed E-state index contributed by atoms with van der Waals surface area (Å²) in [6, 6.07) is 12.5. The van der Waals surface area contributed by atoms with Crippen LogP contribution < -0.4 is 16.0 Å². The third-order valence-corrected chi connectivity index (χ3v) is 3.40. The van der Waals surface area contributed by atoms with Gasteiger partial charge in [0.2, 0.25) is 5.91 Å². The SMILES string of the molecule is CNCCCC(=O)Nc1cccc(C(=O)NCc2ccccn2)c1. The van der Waals surface area contributed by atoms with Gasteiger partial charge in [-0.25, -0.2) is 0 Å². The first-order chi connectivity index (χ1) is 11.7. The van der Waals surface area contributed by atoms with E-state index < -0.39 is 0 Å². The van der Waals surface area contributed by atoms with Gasteiger partial charge in [0.1, 0.15) is 0 Å². The van der Waals surface area contributed by atoms with E-state index in [4.69, 9.17) is 0 Å². The zero-order valence-corrected chi connectivity index (χ0v) is 13.7. The quantitative estimate of drug-likeness (QED) is 0.648. The molecule has 1 heterocycles. The Morgan fingerprint density at radius 1 is 1.12 bits per heavy atom. The van der Waals surface area contributed by atoms with Gasteiger partial charge in [-0.05, 0) is 50.3 Å². The summed E-state index contributed by atoms with van der Waals surface area (Å²) in [7, 11) is 1.85. The van der Waals surface area contributed by atoms with Crippen LogP contribution in [-0.2, 0) is 11.3 Å². The second kappa shape index (κ2) is 9.42. The lowest BCUT2D eigenvalue weighted by molar-refractivity contribution is -0.116. The van der Waals surface area contributed by atoms with E-state index in [0.717, 1.165) is 18.7 Å². The highest BCUT2D eigenvalue weighted by Crippen LogP contribution is 2.11. The van der Waals surface area contributed by atoms with Gasteiger partial charge in [-0.2, -0.15) is 0 Å². The predicted octanol–water partition coefficient (Wildman–Crippen LogP) is 1.95. The zero-order chi connectivity index (χ0) is 17.2. The van der Waals surface area contributed by atoms with Crippen LogP contribution in [-0.4, -0.2) is 30.4 Å². The number of amides is 2. The van der Waals surface area contributed by atoms with Gasteiger partial charge in [-0.1, -0.05) is 12.1 Å². The molecule has 0 saturated heterocycles. The molecule has 6 heteroatoms. The van der Waals surface area contributed by atoms with E-state index in [9.17, 15) is 9.59 Å². The highest BCUT2D eigenvalue weighted by Gasteiger charge is 2.08. The lowest BCUT2D eigenvalue weighted by atomic mass is 10.1. The van der Waals surface area contributed by atoms with Crippen molar-refractivity contribution in [2.24, 2.45) is 0 Å². The number of carbonyl (C=O) groups is 2. The maximum atomic E-state index is 12.2. The molecule has 3 N–H and O–H groups in total. The van der Waals surface area contributed by atoms with Crippen molar-refractivity contribution in [3.05, 3.63) is 59.9 Å². The third-order valence-electron chi connectivity index (χ3n) is 3.40. The van der Waals surface area contributed by atoms with Crippen molar-refractivity contribution >= 4 is 17.5 Å². The summed E-state index contributed by atoms with van der Waals surface area (Å²) in [5.41, 5.74) is 1.91. The van der Waals surface area contributed by atoms with Crippen molar-refractivity contribution < 1.29 is 9.59 Å². The number of rotatable bonds is 8. The van der Waals surface area contributed by atoms with Gasteiger partial charge in [0.05, 0.1) is 12.2 Å². The van der Waals surface area contributed by atoms with E-state index in [-0.39, 0.29) is 11.8 Å². The summed E-state index contributed by atoms with van der Waals surface area (Å²) in [5.74, 6) is -0.261. The van der Waals surface area contributed by atoms with E-state index in [2.05, 4.69) is 20.9 Å². The molecular weight excluding hydrogens is 304 g/mol. The van der Waals surface area contributed by atoms with Crippen LogP contribution in [0.25, 0.3) is 0 Å². The summed E-state index contributed by atoms with van der Waals surface area (Å²) in [4.78, 5) is 28.2. The normalized spacial score (nSPS) is 10.2. The minimum absolute atomic E-state index is 0.0590. The first kappa shape index (κ1) is 17.6. The second-order valence-electron chi connectivity index (χ2n) is 5.34. The molecule has 0 aliphatic carbocycles. The molecule has 1 aromatic carbocycles. The van der Waals surface area contributed by atoms with E-state index in [0.29, 0.717) is 24.2 Å². The van der Waals surface area contributed by atoms with Crippen molar-refractivity contribution in [2.75, 3.05) is 18.9 Å². The van der Waals surface area contributed by atoms with Crippen LogP contribution in [0.1, 0.15) is 28.9 Å². The fourth-order valence-corrected chi connectivity index (χ4v) is 2.16. The highest BCUT2D eigenvalue weighted by molar-refractivity contribution is 5.97. The van der Waals surface area contributed by atoms with Gasteiger partial charge in [-0.3, -0.25) is 14.6 Å². The Morgan fingerprint density at radius 3 is 2.75 bits per heavy atom. The Balaban J connectivity index is 1.89. The van der Waals surface area contributed by atoms with Crippen LogP contribution in [0.3, 0.4) is 0 Å². The van der Waals surface area contributed by atoms with Crippen molar-refractivity contribution in [3.8, 4) is 0 Å². The average molecular weight is 326 g/mol. The Kier molecular flexibility index (Phi) is 6.91. The fraction of sp³-hybridized carbons (Fsp3) is 0.278.